The molecule has 0 unspecified atom stereocenters. The van der Waals surface area contributed by atoms with Crippen LogP contribution in [0, 0.1) is 12.3 Å². The normalized spacial score (nSPS) is 25.6. The van der Waals surface area contributed by atoms with Crippen molar-refractivity contribution < 1.29 is 4.79 Å². The topological polar surface area (TPSA) is 20.3 Å². The zero-order valence-electron chi connectivity index (χ0n) is 9.96. The number of carbonyl (C=O) groups is 1. The lowest BCUT2D eigenvalue weighted by molar-refractivity contribution is -0.116. The third kappa shape index (κ3) is 2.20. The summed E-state index contributed by atoms with van der Waals surface area (Å²) in [5.74, 6) is 3.09. The van der Waals surface area contributed by atoms with E-state index in [1.54, 1.807) is 0 Å². The van der Waals surface area contributed by atoms with E-state index >= 15 is 0 Å². The lowest BCUT2D eigenvalue weighted by Gasteiger charge is -2.34. The molecule has 2 heteroatoms. The van der Waals surface area contributed by atoms with E-state index in [9.17, 15) is 4.79 Å². The van der Waals surface area contributed by atoms with Crippen LogP contribution in [-0.4, -0.2) is 30.3 Å². The lowest BCUT2D eigenvalue weighted by Crippen LogP contribution is -2.35. The third-order valence-electron chi connectivity index (χ3n) is 3.82. The van der Waals surface area contributed by atoms with Gasteiger partial charge in [0.1, 0.15) is 0 Å². The molecular formula is C14H19NO. The number of ketones is 1. The number of hydrogen-bond donors (Lipinski definition) is 0. The molecule has 0 fully saturated rings. The molecule has 0 aromatic heterocycles. The van der Waals surface area contributed by atoms with Crippen LogP contribution in [0.5, 0.6) is 0 Å². The smallest absolute Gasteiger partial charge is 0.158 e. The van der Waals surface area contributed by atoms with Crippen LogP contribution >= 0.6 is 0 Å². The first-order chi connectivity index (χ1) is 7.72. The van der Waals surface area contributed by atoms with E-state index in [-0.39, 0.29) is 0 Å². The summed E-state index contributed by atoms with van der Waals surface area (Å²) in [4.78, 5) is 14.0. The van der Waals surface area contributed by atoms with Crippen molar-refractivity contribution in [1.82, 2.24) is 4.90 Å². The van der Waals surface area contributed by atoms with Gasteiger partial charge in [0.15, 0.2) is 5.78 Å². The summed E-state index contributed by atoms with van der Waals surface area (Å²) in [6.07, 6.45) is 11.4. The molecule has 0 saturated carbocycles. The van der Waals surface area contributed by atoms with Crippen LogP contribution in [0.1, 0.15) is 38.5 Å². The Kier molecular flexibility index (Phi) is 3.46. The van der Waals surface area contributed by atoms with Crippen LogP contribution in [0.15, 0.2) is 11.1 Å². The van der Waals surface area contributed by atoms with Crippen molar-refractivity contribution in [2.75, 3.05) is 13.6 Å². The van der Waals surface area contributed by atoms with E-state index in [1.165, 1.54) is 5.57 Å². The van der Waals surface area contributed by atoms with Gasteiger partial charge in [0.2, 0.25) is 0 Å². The Balaban J connectivity index is 2.07. The summed E-state index contributed by atoms with van der Waals surface area (Å²) in [6, 6.07) is 0.542. The minimum absolute atomic E-state index is 0.402. The van der Waals surface area contributed by atoms with E-state index in [0.29, 0.717) is 18.4 Å². The molecule has 2 rings (SSSR count). The second-order valence-corrected chi connectivity index (χ2v) is 4.87. The first-order valence-corrected chi connectivity index (χ1v) is 6.10. The fourth-order valence-electron chi connectivity index (χ4n) is 2.85. The quantitative estimate of drug-likeness (QED) is 0.661. The average molecular weight is 217 g/mol. The number of hydrogen-bond acceptors (Lipinski definition) is 2. The van der Waals surface area contributed by atoms with Gasteiger partial charge in [0.25, 0.3) is 0 Å². The number of terminal acetylenes is 1. The van der Waals surface area contributed by atoms with Crippen LogP contribution in [0.2, 0.25) is 0 Å². The van der Waals surface area contributed by atoms with Crippen molar-refractivity contribution in [3.05, 3.63) is 11.1 Å². The maximum Gasteiger partial charge on any atom is 0.158 e. The molecule has 2 aliphatic carbocycles. The molecule has 2 nitrogen and oxygen atoms in total. The van der Waals surface area contributed by atoms with E-state index in [4.69, 9.17) is 6.42 Å². The second kappa shape index (κ2) is 4.84. The highest BCUT2D eigenvalue weighted by molar-refractivity contribution is 5.97. The van der Waals surface area contributed by atoms with Gasteiger partial charge in [0, 0.05) is 12.5 Å². The van der Waals surface area contributed by atoms with Crippen molar-refractivity contribution in [1.29, 1.82) is 0 Å². The zero-order valence-corrected chi connectivity index (χ0v) is 9.96. The number of allylic oxidation sites excluding steroid dienone is 1. The predicted octanol–water partition coefficient (Wildman–Crippen LogP) is 2.15. The van der Waals surface area contributed by atoms with Gasteiger partial charge in [0.05, 0.1) is 6.54 Å². The Hall–Kier alpha value is -1.07. The Morgan fingerprint density at radius 2 is 2.25 bits per heavy atom. The van der Waals surface area contributed by atoms with Gasteiger partial charge in [-0.3, -0.25) is 9.69 Å². The van der Waals surface area contributed by atoms with E-state index in [0.717, 1.165) is 44.1 Å². The monoisotopic (exact) mass is 217 g/mol. The van der Waals surface area contributed by atoms with E-state index < -0.39 is 0 Å². The summed E-state index contributed by atoms with van der Waals surface area (Å²) in [7, 11) is 2.08. The average Bonchev–Trinajstić information content (AvgIpc) is 2.29. The molecule has 0 aliphatic heterocycles. The number of carbonyl (C=O) groups excluding carboxylic acids is 1. The summed E-state index contributed by atoms with van der Waals surface area (Å²) in [5.41, 5.74) is 2.56. The van der Waals surface area contributed by atoms with Crippen LogP contribution in [0.4, 0.5) is 0 Å². The van der Waals surface area contributed by atoms with Crippen molar-refractivity contribution in [2.45, 2.75) is 44.6 Å². The maximum absolute atomic E-state index is 11.7. The van der Waals surface area contributed by atoms with Gasteiger partial charge in [-0.1, -0.05) is 11.5 Å². The zero-order chi connectivity index (χ0) is 11.5. The van der Waals surface area contributed by atoms with Crippen LogP contribution in [-0.2, 0) is 4.79 Å². The van der Waals surface area contributed by atoms with Crippen molar-refractivity contribution in [3.8, 4) is 12.3 Å². The molecule has 0 aromatic carbocycles. The van der Waals surface area contributed by atoms with Crippen molar-refractivity contribution in [3.63, 3.8) is 0 Å². The molecule has 0 aromatic rings. The molecule has 0 spiro atoms. The molecule has 0 N–H and O–H groups in total. The SMILES string of the molecule is C#CCN(C)[C@H]1CCC2=C(CCCC2=O)C1. The minimum Gasteiger partial charge on any atom is -0.295 e. The summed E-state index contributed by atoms with van der Waals surface area (Å²) >= 11 is 0. The number of rotatable bonds is 2. The molecule has 2 aliphatic rings. The van der Waals surface area contributed by atoms with Crippen LogP contribution in [0.25, 0.3) is 0 Å². The van der Waals surface area contributed by atoms with Gasteiger partial charge in [-0.05, 0) is 44.7 Å². The molecule has 1 atom stereocenters. The summed E-state index contributed by atoms with van der Waals surface area (Å²) < 4.78 is 0. The molecule has 16 heavy (non-hydrogen) atoms. The standard InChI is InChI=1S/C14H19NO/c1-3-9-15(2)12-7-8-13-11(10-12)5-4-6-14(13)16/h1,12H,4-10H2,2H3/t12-/m0/s1. The molecule has 86 valence electrons. The molecule has 0 amide bonds. The Morgan fingerprint density at radius 1 is 1.44 bits per heavy atom. The van der Waals surface area contributed by atoms with Crippen molar-refractivity contribution >= 4 is 5.78 Å². The fraction of sp³-hybridized carbons (Fsp3) is 0.643. The molecular weight excluding hydrogens is 198 g/mol. The van der Waals surface area contributed by atoms with Gasteiger partial charge in [-0.15, -0.1) is 6.42 Å². The predicted molar refractivity (Wildman–Crippen MR) is 65.0 cm³/mol. The lowest BCUT2D eigenvalue weighted by atomic mass is 9.79. The van der Waals surface area contributed by atoms with Crippen LogP contribution < -0.4 is 0 Å². The summed E-state index contributed by atoms with van der Waals surface area (Å²) in [5, 5.41) is 0. The Bertz CT molecular complexity index is 361. The highest BCUT2D eigenvalue weighted by atomic mass is 16.1. The van der Waals surface area contributed by atoms with E-state index in [2.05, 4.69) is 17.9 Å². The van der Waals surface area contributed by atoms with Crippen LogP contribution in [0.3, 0.4) is 0 Å². The second-order valence-electron chi connectivity index (χ2n) is 4.87. The molecule has 0 heterocycles. The Labute approximate surface area is 97.7 Å². The number of Topliss-reactive ketones (excluding diaryl/α,β-unsaturated/α-hetero) is 1. The molecule has 0 saturated heterocycles. The number of nitrogens with zero attached hydrogens (tertiary/aromatic N) is 1. The highest BCUT2D eigenvalue weighted by Crippen LogP contribution is 2.35. The molecule has 0 bridgehead atoms. The highest BCUT2D eigenvalue weighted by Gasteiger charge is 2.28. The van der Waals surface area contributed by atoms with Gasteiger partial charge >= 0.3 is 0 Å². The Morgan fingerprint density at radius 3 is 3.00 bits per heavy atom. The van der Waals surface area contributed by atoms with Gasteiger partial charge in [-0.2, -0.15) is 0 Å². The van der Waals surface area contributed by atoms with E-state index in [1.807, 2.05) is 0 Å². The summed E-state index contributed by atoms with van der Waals surface area (Å²) in [6.45, 7) is 0.710. The first-order valence-electron chi connectivity index (χ1n) is 6.10. The van der Waals surface area contributed by atoms with Crippen molar-refractivity contribution in [2.24, 2.45) is 0 Å². The van der Waals surface area contributed by atoms with Gasteiger partial charge in [-0.25, -0.2) is 0 Å². The first kappa shape index (κ1) is 11.4. The minimum atomic E-state index is 0.402. The molecule has 0 radical (unpaired) electrons. The fourth-order valence-corrected chi connectivity index (χ4v) is 2.85. The maximum atomic E-state index is 11.7. The third-order valence-corrected chi connectivity index (χ3v) is 3.82. The largest absolute Gasteiger partial charge is 0.295 e. The van der Waals surface area contributed by atoms with Gasteiger partial charge < -0.3 is 0 Å².